The number of fused-ring (bicyclic) bond motifs is 1. The molecule has 1 aliphatic rings. The minimum atomic E-state index is -0.568. The summed E-state index contributed by atoms with van der Waals surface area (Å²) in [6, 6.07) is 6.39. The molecule has 0 aromatic heterocycles. The molecule has 0 spiro atoms. The van der Waals surface area contributed by atoms with Crippen molar-refractivity contribution < 1.29 is 20.1 Å². The molecule has 0 radical (unpaired) electrons. The summed E-state index contributed by atoms with van der Waals surface area (Å²) in [5.74, 6) is -0.599. The highest BCUT2D eigenvalue weighted by atomic mass is 19.1. The Morgan fingerprint density at radius 1 is 1.29 bits per heavy atom. The van der Waals surface area contributed by atoms with Gasteiger partial charge >= 0.3 is 0 Å². The molecule has 148 valence electrons. The van der Waals surface area contributed by atoms with Crippen LogP contribution in [0.1, 0.15) is 44.4 Å². The molecule has 28 heavy (non-hydrogen) atoms. The van der Waals surface area contributed by atoms with Gasteiger partial charge < -0.3 is 15.0 Å². The van der Waals surface area contributed by atoms with Crippen molar-refractivity contribution in [1.29, 1.82) is 0 Å². The first-order valence-electron chi connectivity index (χ1n) is 9.04. The zero-order chi connectivity index (χ0) is 20.4. The van der Waals surface area contributed by atoms with Crippen molar-refractivity contribution in [2.24, 2.45) is 0 Å². The first-order valence-corrected chi connectivity index (χ1v) is 9.04. The van der Waals surface area contributed by atoms with E-state index in [0.29, 0.717) is 24.3 Å². The second kappa shape index (κ2) is 7.84. The Labute approximate surface area is 165 Å². The van der Waals surface area contributed by atoms with Gasteiger partial charge in [0.15, 0.2) is 0 Å². The van der Waals surface area contributed by atoms with Crippen molar-refractivity contribution in [2.75, 3.05) is 20.6 Å². The normalized spacial score (nSPS) is 14.6. The van der Waals surface area contributed by atoms with E-state index in [1.54, 1.807) is 30.4 Å². The predicted molar refractivity (Wildman–Crippen MR) is 107 cm³/mol. The standard InChI is InChI=1S/C22H23FN2O3.H2/c1-13-14(2)20-18(22(27)25(4)8-5-9-28-20)12-16(13)10-15-6-7-17(19(23)11-15)21(26)24-3;/h5-7,9,11-12H,8,10H2,1-4H3,(H,24,26);1H/b9-5-;. The lowest BCUT2D eigenvalue weighted by Crippen LogP contribution is -2.28. The van der Waals surface area contributed by atoms with Crippen LogP contribution in [0.2, 0.25) is 0 Å². The number of likely N-dealkylation sites (N-methyl/N-ethyl adjacent to an activating group) is 1. The molecule has 0 saturated carbocycles. The Morgan fingerprint density at radius 3 is 2.71 bits per heavy atom. The fourth-order valence-electron chi connectivity index (χ4n) is 3.27. The second-order valence-electron chi connectivity index (χ2n) is 6.91. The summed E-state index contributed by atoms with van der Waals surface area (Å²) in [5, 5.41) is 2.42. The van der Waals surface area contributed by atoms with E-state index in [2.05, 4.69) is 5.32 Å². The fraction of sp³-hybridized carbons (Fsp3) is 0.273. The lowest BCUT2D eigenvalue weighted by molar-refractivity contribution is 0.0803. The van der Waals surface area contributed by atoms with Crippen molar-refractivity contribution in [3.8, 4) is 5.75 Å². The van der Waals surface area contributed by atoms with Crippen LogP contribution < -0.4 is 10.1 Å². The van der Waals surface area contributed by atoms with Gasteiger partial charge in [-0.2, -0.15) is 0 Å². The van der Waals surface area contributed by atoms with Crippen LogP contribution in [-0.4, -0.2) is 37.4 Å². The van der Waals surface area contributed by atoms with E-state index >= 15 is 0 Å². The van der Waals surface area contributed by atoms with Gasteiger partial charge in [0.1, 0.15) is 11.6 Å². The van der Waals surface area contributed by atoms with Crippen molar-refractivity contribution in [3.63, 3.8) is 0 Å². The summed E-state index contributed by atoms with van der Waals surface area (Å²) in [4.78, 5) is 26.1. The van der Waals surface area contributed by atoms with Gasteiger partial charge in [0.2, 0.25) is 0 Å². The number of hydrogen-bond donors (Lipinski definition) is 1. The topological polar surface area (TPSA) is 58.6 Å². The smallest absolute Gasteiger partial charge is 0.257 e. The lowest BCUT2D eigenvalue weighted by Gasteiger charge is -2.23. The van der Waals surface area contributed by atoms with Crippen LogP contribution in [0, 0.1) is 19.7 Å². The van der Waals surface area contributed by atoms with Crippen molar-refractivity contribution >= 4 is 11.8 Å². The number of nitrogens with one attached hydrogen (secondary N) is 1. The van der Waals surface area contributed by atoms with E-state index in [1.807, 2.05) is 19.9 Å². The molecule has 3 rings (SSSR count). The second-order valence-corrected chi connectivity index (χ2v) is 6.91. The van der Waals surface area contributed by atoms with E-state index < -0.39 is 11.7 Å². The van der Waals surface area contributed by atoms with Crippen molar-refractivity contribution in [3.05, 3.63) is 75.8 Å². The molecule has 0 atom stereocenters. The van der Waals surface area contributed by atoms with Crippen LogP contribution in [-0.2, 0) is 6.42 Å². The minimum Gasteiger partial charge on any atom is -0.464 e. The maximum atomic E-state index is 14.3. The summed E-state index contributed by atoms with van der Waals surface area (Å²) in [6.45, 7) is 4.34. The van der Waals surface area contributed by atoms with Gasteiger partial charge in [-0.3, -0.25) is 9.59 Å². The van der Waals surface area contributed by atoms with Gasteiger partial charge in [0, 0.05) is 22.1 Å². The minimum absolute atomic E-state index is 0. The van der Waals surface area contributed by atoms with Gasteiger partial charge in [-0.05, 0) is 66.8 Å². The largest absolute Gasteiger partial charge is 0.464 e. The summed E-state index contributed by atoms with van der Waals surface area (Å²) >= 11 is 0. The number of carbonyl (C=O) groups excluding carboxylic acids is 2. The number of amides is 2. The predicted octanol–water partition coefficient (Wildman–Crippen LogP) is 3.62. The number of carbonyl (C=O) groups is 2. The Balaban J connectivity index is 0.00000300. The maximum absolute atomic E-state index is 14.3. The number of hydrogen-bond acceptors (Lipinski definition) is 3. The van der Waals surface area contributed by atoms with Gasteiger partial charge in [0.05, 0.1) is 17.4 Å². The van der Waals surface area contributed by atoms with E-state index in [-0.39, 0.29) is 12.9 Å². The highest BCUT2D eigenvalue weighted by Crippen LogP contribution is 2.32. The van der Waals surface area contributed by atoms with E-state index in [4.69, 9.17) is 4.74 Å². The summed E-state index contributed by atoms with van der Waals surface area (Å²) in [5.41, 5.74) is 4.00. The third-order valence-corrected chi connectivity index (χ3v) is 5.09. The zero-order valence-electron chi connectivity index (χ0n) is 16.4. The monoisotopic (exact) mass is 384 g/mol. The molecule has 0 bridgehead atoms. The summed E-state index contributed by atoms with van der Waals surface area (Å²) in [6.07, 6.45) is 3.83. The highest BCUT2D eigenvalue weighted by molar-refractivity contribution is 5.98. The molecule has 0 unspecified atom stereocenters. The number of rotatable bonds is 3. The number of ether oxygens (including phenoxy) is 1. The SMILES string of the molecule is CNC(=O)c1ccc(Cc2cc3c(c(C)c2C)O/C=C\CN(C)C3=O)cc1F.[HH]. The summed E-state index contributed by atoms with van der Waals surface area (Å²) < 4.78 is 20.0. The van der Waals surface area contributed by atoms with Crippen LogP contribution >= 0.6 is 0 Å². The maximum Gasteiger partial charge on any atom is 0.257 e. The van der Waals surface area contributed by atoms with Gasteiger partial charge in [0.25, 0.3) is 11.8 Å². The quantitative estimate of drug-likeness (QED) is 0.879. The van der Waals surface area contributed by atoms with E-state index in [0.717, 1.165) is 22.3 Å². The van der Waals surface area contributed by atoms with Gasteiger partial charge in [-0.25, -0.2) is 4.39 Å². The Bertz CT molecular complexity index is 989. The number of benzene rings is 2. The molecular formula is C22H25FN2O3. The molecule has 2 aromatic carbocycles. The number of nitrogens with zero attached hydrogens (tertiary/aromatic N) is 1. The third kappa shape index (κ3) is 3.63. The Morgan fingerprint density at radius 2 is 2.04 bits per heavy atom. The fourth-order valence-corrected chi connectivity index (χ4v) is 3.27. The van der Waals surface area contributed by atoms with Crippen molar-refractivity contribution in [1.82, 2.24) is 10.2 Å². The van der Waals surface area contributed by atoms with Crippen LogP contribution in [0.3, 0.4) is 0 Å². The summed E-state index contributed by atoms with van der Waals surface area (Å²) in [7, 11) is 3.20. The molecule has 1 heterocycles. The molecule has 0 saturated heterocycles. The molecular weight excluding hydrogens is 359 g/mol. The van der Waals surface area contributed by atoms with Crippen LogP contribution in [0.5, 0.6) is 5.75 Å². The Kier molecular flexibility index (Phi) is 5.49. The van der Waals surface area contributed by atoms with Crippen LogP contribution in [0.4, 0.5) is 4.39 Å². The molecule has 2 aromatic rings. The zero-order valence-corrected chi connectivity index (χ0v) is 16.4. The average molecular weight is 384 g/mol. The average Bonchev–Trinajstić information content (AvgIpc) is 2.67. The first kappa shape index (κ1) is 19.6. The molecule has 0 fully saturated rings. The molecule has 1 aliphatic heterocycles. The Hall–Kier alpha value is -3.15. The lowest BCUT2D eigenvalue weighted by atomic mass is 9.92. The molecule has 0 aliphatic carbocycles. The molecule has 1 N–H and O–H groups in total. The van der Waals surface area contributed by atoms with Crippen molar-refractivity contribution in [2.45, 2.75) is 20.3 Å². The van der Waals surface area contributed by atoms with Gasteiger partial charge in [-0.15, -0.1) is 0 Å². The number of halogens is 1. The molecule has 5 nitrogen and oxygen atoms in total. The molecule has 2 amide bonds. The third-order valence-electron chi connectivity index (χ3n) is 5.09. The van der Waals surface area contributed by atoms with Crippen LogP contribution in [0.25, 0.3) is 0 Å². The first-order chi connectivity index (χ1) is 13.3. The molecule has 6 heteroatoms. The van der Waals surface area contributed by atoms with Crippen LogP contribution in [0.15, 0.2) is 36.6 Å². The van der Waals surface area contributed by atoms with Gasteiger partial charge in [-0.1, -0.05) is 6.07 Å². The highest BCUT2D eigenvalue weighted by Gasteiger charge is 2.23. The van der Waals surface area contributed by atoms with E-state index in [9.17, 15) is 14.0 Å². The van der Waals surface area contributed by atoms with E-state index in [1.165, 1.54) is 19.2 Å².